The number of piperidine rings is 1. The summed E-state index contributed by atoms with van der Waals surface area (Å²) >= 11 is 0. The number of sulfone groups is 1. The largest absolute Gasteiger partial charge is 0.365 e. The van der Waals surface area contributed by atoms with E-state index in [9.17, 15) is 13.2 Å². The van der Waals surface area contributed by atoms with Crippen molar-refractivity contribution in [1.29, 1.82) is 0 Å². The van der Waals surface area contributed by atoms with Gasteiger partial charge in [-0.2, -0.15) is 0 Å². The quantitative estimate of drug-likeness (QED) is 0.781. The smallest absolute Gasteiger partial charge is 0.274 e. The molecule has 10 heteroatoms. The number of aromatic nitrogens is 2. The normalized spacial score (nSPS) is 26.9. The van der Waals surface area contributed by atoms with Crippen LogP contribution in [0.1, 0.15) is 29.8 Å². The van der Waals surface area contributed by atoms with Gasteiger partial charge in [-0.1, -0.05) is 0 Å². The number of anilines is 1. The van der Waals surface area contributed by atoms with E-state index >= 15 is 0 Å². The van der Waals surface area contributed by atoms with Crippen LogP contribution < -0.4 is 5.32 Å². The summed E-state index contributed by atoms with van der Waals surface area (Å²) in [5, 5.41) is 11.1. The van der Waals surface area contributed by atoms with Crippen LogP contribution in [0.15, 0.2) is 12.1 Å². The molecule has 1 unspecified atom stereocenters. The van der Waals surface area contributed by atoms with E-state index in [1.54, 1.807) is 17.0 Å². The summed E-state index contributed by atoms with van der Waals surface area (Å²) in [6.07, 6.45) is 1.87. The fourth-order valence-corrected chi connectivity index (χ4v) is 5.31. The maximum Gasteiger partial charge on any atom is 0.274 e. The molecule has 1 amide bonds. The van der Waals surface area contributed by atoms with E-state index in [1.807, 2.05) is 0 Å². The second kappa shape index (κ2) is 6.75. The van der Waals surface area contributed by atoms with Crippen molar-refractivity contribution in [3.05, 3.63) is 17.8 Å². The monoisotopic (exact) mass is 382 g/mol. The lowest BCUT2D eigenvalue weighted by atomic mass is 10.0. The van der Waals surface area contributed by atoms with Crippen molar-refractivity contribution in [1.82, 2.24) is 15.1 Å². The van der Waals surface area contributed by atoms with Crippen molar-refractivity contribution >= 4 is 21.6 Å². The van der Waals surface area contributed by atoms with Gasteiger partial charge in [-0.3, -0.25) is 4.79 Å². The lowest BCUT2D eigenvalue weighted by molar-refractivity contribution is -0.181. The lowest BCUT2D eigenvalue weighted by Crippen LogP contribution is -2.47. The number of carbonyl (C=O) groups excluding carboxylic acids is 1. The minimum atomic E-state index is -2.95. The number of nitrogens with one attached hydrogen (secondary N) is 1. The Kier molecular flexibility index (Phi) is 4.57. The first-order valence-corrected chi connectivity index (χ1v) is 10.6. The molecule has 1 aromatic rings. The highest BCUT2D eigenvalue weighted by Crippen LogP contribution is 2.31. The minimum Gasteiger partial charge on any atom is -0.365 e. The molecule has 1 aromatic heterocycles. The third kappa shape index (κ3) is 3.67. The molecule has 0 aromatic carbocycles. The minimum absolute atomic E-state index is 0.106. The molecule has 4 heterocycles. The van der Waals surface area contributed by atoms with Crippen molar-refractivity contribution in [3.8, 4) is 0 Å². The van der Waals surface area contributed by atoms with Gasteiger partial charge in [0.15, 0.2) is 21.3 Å². The highest BCUT2D eigenvalue weighted by Gasteiger charge is 2.41. The Hall–Kier alpha value is -1.78. The maximum atomic E-state index is 12.6. The first kappa shape index (κ1) is 17.6. The van der Waals surface area contributed by atoms with E-state index in [-0.39, 0.29) is 29.1 Å². The molecule has 1 N–H and O–H groups in total. The molecule has 3 aliphatic heterocycles. The second-order valence-corrected chi connectivity index (χ2v) is 9.18. The molecule has 0 aliphatic carbocycles. The van der Waals surface area contributed by atoms with Crippen LogP contribution in [0, 0.1) is 0 Å². The number of nitrogens with zero attached hydrogens (tertiary/aromatic N) is 3. The Morgan fingerprint density at radius 3 is 2.50 bits per heavy atom. The van der Waals surface area contributed by atoms with E-state index in [2.05, 4.69) is 15.5 Å². The van der Waals surface area contributed by atoms with E-state index in [1.165, 1.54) is 0 Å². The maximum absolute atomic E-state index is 12.6. The van der Waals surface area contributed by atoms with Crippen LogP contribution in [0.2, 0.25) is 0 Å². The standard InChI is InChI=1S/C16H22N4O5S/c21-15(20-6-4-16(5-7-20)24-8-9-25-16)13-1-2-14(19-18-13)17-12-3-10-26(22,23)11-12/h1-2,12H,3-11H2,(H,17,19). The fraction of sp³-hybridized carbons (Fsp3) is 0.688. The van der Waals surface area contributed by atoms with Crippen molar-refractivity contribution in [2.24, 2.45) is 0 Å². The molecular formula is C16H22N4O5S. The molecule has 4 rings (SSSR count). The molecule has 0 saturated carbocycles. The highest BCUT2D eigenvalue weighted by atomic mass is 32.2. The number of likely N-dealkylation sites (tertiary alicyclic amines) is 1. The number of rotatable bonds is 3. The molecule has 1 atom stereocenters. The second-order valence-electron chi connectivity index (χ2n) is 6.95. The number of ether oxygens (including phenoxy) is 2. The molecular weight excluding hydrogens is 360 g/mol. The number of hydrogen-bond acceptors (Lipinski definition) is 8. The Balaban J connectivity index is 1.34. The summed E-state index contributed by atoms with van der Waals surface area (Å²) in [6.45, 7) is 2.33. The Morgan fingerprint density at radius 1 is 1.19 bits per heavy atom. The third-order valence-electron chi connectivity index (χ3n) is 5.09. The first-order chi connectivity index (χ1) is 12.4. The van der Waals surface area contributed by atoms with Gasteiger partial charge in [-0.05, 0) is 18.6 Å². The van der Waals surface area contributed by atoms with Crippen LogP contribution in [0.25, 0.3) is 0 Å². The van der Waals surface area contributed by atoms with E-state index < -0.39 is 15.6 Å². The molecule has 1 spiro atoms. The van der Waals surface area contributed by atoms with Gasteiger partial charge in [-0.15, -0.1) is 10.2 Å². The van der Waals surface area contributed by atoms with Gasteiger partial charge in [0, 0.05) is 32.0 Å². The molecule has 26 heavy (non-hydrogen) atoms. The topological polar surface area (TPSA) is 111 Å². The SMILES string of the molecule is O=C(c1ccc(NC2CCS(=O)(=O)C2)nn1)N1CCC2(CC1)OCCO2. The Bertz CT molecular complexity index is 766. The average molecular weight is 382 g/mol. The van der Waals surface area contributed by atoms with Gasteiger partial charge in [0.1, 0.15) is 5.82 Å². The van der Waals surface area contributed by atoms with Crippen LogP contribution in [-0.2, 0) is 19.3 Å². The molecule has 142 valence electrons. The summed E-state index contributed by atoms with van der Waals surface area (Å²) in [7, 11) is -2.95. The van der Waals surface area contributed by atoms with Crippen molar-refractivity contribution in [2.75, 3.05) is 43.1 Å². The van der Waals surface area contributed by atoms with Crippen LogP contribution >= 0.6 is 0 Å². The Morgan fingerprint density at radius 2 is 1.92 bits per heavy atom. The summed E-state index contributed by atoms with van der Waals surface area (Å²) < 4.78 is 34.3. The van der Waals surface area contributed by atoms with Gasteiger partial charge in [0.2, 0.25) is 0 Å². The summed E-state index contributed by atoms with van der Waals surface area (Å²) in [4.78, 5) is 14.3. The Labute approximate surface area is 152 Å². The van der Waals surface area contributed by atoms with Gasteiger partial charge >= 0.3 is 0 Å². The predicted octanol–water partition coefficient (Wildman–Crippen LogP) is 0.0547. The van der Waals surface area contributed by atoms with E-state index in [0.717, 1.165) is 0 Å². The fourth-order valence-electron chi connectivity index (χ4n) is 3.64. The number of carbonyl (C=O) groups is 1. The van der Waals surface area contributed by atoms with Gasteiger partial charge in [-0.25, -0.2) is 8.42 Å². The summed E-state index contributed by atoms with van der Waals surface area (Å²) in [6, 6.07) is 3.13. The van der Waals surface area contributed by atoms with Crippen molar-refractivity contribution in [2.45, 2.75) is 31.1 Å². The third-order valence-corrected chi connectivity index (χ3v) is 6.86. The predicted molar refractivity (Wildman–Crippen MR) is 92.5 cm³/mol. The molecule has 3 saturated heterocycles. The zero-order valence-corrected chi connectivity index (χ0v) is 15.2. The summed E-state index contributed by atoms with van der Waals surface area (Å²) in [5.41, 5.74) is 0.277. The van der Waals surface area contributed by atoms with E-state index in [0.29, 0.717) is 51.4 Å². The van der Waals surface area contributed by atoms with Crippen molar-refractivity contribution < 1.29 is 22.7 Å². The zero-order chi connectivity index (χ0) is 18.2. The summed E-state index contributed by atoms with van der Waals surface area (Å²) in [5.74, 6) is 0.0974. The van der Waals surface area contributed by atoms with E-state index in [4.69, 9.17) is 9.47 Å². The van der Waals surface area contributed by atoms with Crippen LogP contribution in [-0.4, -0.2) is 79.1 Å². The molecule has 0 radical (unpaired) electrons. The molecule has 9 nitrogen and oxygen atoms in total. The molecule has 3 aliphatic rings. The zero-order valence-electron chi connectivity index (χ0n) is 14.4. The molecule has 0 bridgehead atoms. The number of hydrogen-bond donors (Lipinski definition) is 1. The first-order valence-electron chi connectivity index (χ1n) is 8.83. The van der Waals surface area contributed by atoms with Crippen LogP contribution in [0.5, 0.6) is 0 Å². The van der Waals surface area contributed by atoms with Gasteiger partial charge in [0.05, 0.1) is 24.7 Å². The average Bonchev–Trinajstić information content (AvgIpc) is 3.22. The number of amides is 1. The molecule has 3 fully saturated rings. The van der Waals surface area contributed by atoms with Crippen LogP contribution in [0.3, 0.4) is 0 Å². The van der Waals surface area contributed by atoms with Crippen molar-refractivity contribution in [3.63, 3.8) is 0 Å². The van der Waals surface area contributed by atoms with Crippen LogP contribution in [0.4, 0.5) is 5.82 Å². The lowest BCUT2D eigenvalue weighted by Gasteiger charge is -2.37. The van der Waals surface area contributed by atoms with Gasteiger partial charge < -0.3 is 19.7 Å². The van der Waals surface area contributed by atoms with Gasteiger partial charge in [0.25, 0.3) is 5.91 Å². The highest BCUT2D eigenvalue weighted by molar-refractivity contribution is 7.91.